The quantitative estimate of drug-likeness (QED) is 0.584. The lowest BCUT2D eigenvalue weighted by molar-refractivity contribution is -0.110. The summed E-state index contributed by atoms with van der Waals surface area (Å²) in [6.07, 6.45) is 3.46. The second-order valence-corrected chi connectivity index (χ2v) is 9.83. The first-order valence-corrected chi connectivity index (χ1v) is 9.79. The second kappa shape index (κ2) is 6.83. The maximum absolute atomic E-state index is 12.8. The topological polar surface area (TPSA) is 72.8 Å². The van der Waals surface area contributed by atoms with Crippen LogP contribution in [0, 0.1) is 10.8 Å². The summed E-state index contributed by atoms with van der Waals surface area (Å²) in [7, 11) is -4.08. The zero-order chi connectivity index (χ0) is 19.8. The third kappa shape index (κ3) is 4.49. The van der Waals surface area contributed by atoms with E-state index in [2.05, 4.69) is 5.16 Å². The average Bonchev–Trinajstić information content (AvgIpc) is 2.52. The van der Waals surface area contributed by atoms with E-state index in [1.54, 1.807) is 24.3 Å². The molecule has 0 N–H and O–H groups in total. The van der Waals surface area contributed by atoms with E-state index in [1.165, 1.54) is 12.1 Å². The fraction of sp³-hybridized carbons (Fsp3) is 0.400. The van der Waals surface area contributed by atoms with Crippen molar-refractivity contribution in [3.05, 3.63) is 53.6 Å². The Morgan fingerprint density at radius 1 is 0.885 bits per heavy atom. The molecule has 1 aliphatic carbocycles. The van der Waals surface area contributed by atoms with Gasteiger partial charge in [0.2, 0.25) is 5.78 Å². The molecule has 0 amide bonds. The molecular formula is C20H25NO4S. The third-order valence-corrected chi connectivity index (χ3v) is 5.13. The van der Waals surface area contributed by atoms with Gasteiger partial charge in [-0.1, -0.05) is 71.0 Å². The molecule has 0 bridgehead atoms. The lowest BCUT2D eigenvalue weighted by atomic mass is 9.74. The van der Waals surface area contributed by atoms with E-state index in [9.17, 15) is 13.2 Å². The summed E-state index contributed by atoms with van der Waals surface area (Å²) in [6.45, 7) is 11.9. The molecule has 2 rings (SSSR count). The number of oxime groups is 1. The number of ketones is 1. The summed E-state index contributed by atoms with van der Waals surface area (Å²) in [5, 5.41) is 3.70. The highest BCUT2D eigenvalue weighted by atomic mass is 32.2. The van der Waals surface area contributed by atoms with E-state index in [4.69, 9.17) is 4.28 Å². The van der Waals surface area contributed by atoms with Crippen LogP contribution in [-0.4, -0.2) is 19.9 Å². The first-order chi connectivity index (χ1) is 11.8. The van der Waals surface area contributed by atoms with E-state index >= 15 is 0 Å². The Morgan fingerprint density at radius 2 is 1.46 bits per heavy atom. The zero-order valence-electron chi connectivity index (χ0n) is 16.0. The average molecular weight is 375 g/mol. The van der Waals surface area contributed by atoms with Crippen LogP contribution >= 0.6 is 0 Å². The van der Waals surface area contributed by atoms with Crippen LogP contribution in [0.15, 0.2) is 63.7 Å². The molecule has 1 aliphatic rings. The van der Waals surface area contributed by atoms with Crippen LogP contribution in [0.5, 0.6) is 0 Å². The first kappa shape index (κ1) is 20.1. The monoisotopic (exact) mass is 375 g/mol. The Kier molecular flexibility index (Phi) is 5.29. The minimum Gasteiger partial charge on any atom is -0.287 e. The molecule has 1 aromatic carbocycles. The lowest BCUT2D eigenvalue weighted by Crippen LogP contribution is -2.29. The molecular weight excluding hydrogens is 350 g/mol. The van der Waals surface area contributed by atoms with Crippen LogP contribution in [0.2, 0.25) is 0 Å². The molecule has 6 heteroatoms. The van der Waals surface area contributed by atoms with Crippen molar-refractivity contribution in [2.75, 3.05) is 0 Å². The number of carbonyl (C=O) groups is 1. The summed E-state index contributed by atoms with van der Waals surface area (Å²) in [5.74, 6) is -0.325. The van der Waals surface area contributed by atoms with Gasteiger partial charge in [0.05, 0.1) is 0 Å². The number of benzene rings is 1. The molecule has 0 heterocycles. The SMILES string of the molecule is CC(C)(C)C1=CC(=NOS(=O)(=O)c2ccccc2)C(=O)C(C(C)(C)C)=C1. The van der Waals surface area contributed by atoms with Crippen molar-refractivity contribution in [2.45, 2.75) is 46.4 Å². The van der Waals surface area contributed by atoms with Crippen LogP contribution in [0.1, 0.15) is 41.5 Å². The number of carbonyl (C=O) groups excluding carboxylic acids is 1. The fourth-order valence-electron chi connectivity index (χ4n) is 2.39. The minimum absolute atomic E-state index is 0.0122. The molecule has 0 aliphatic heterocycles. The van der Waals surface area contributed by atoms with Crippen molar-refractivity contribution >= 4 is 21.6 Å². The van der Waals surface area contributed by atoms with Gasteiger partial charge < -0.3 is 0 Å². The Morgan fingerprint density at radius 3 is 1.96 bits per heavy atom. The van der Waals surface area contributed by atoms with E-state index < -0.39 is 15.5 Å². The van der Waals surface area contributed by atoms with Gasteiger partial charge in [-0.05, 0) is 34.6 Å². The van der Waals surface area contributed by atoms with Gasteiger partial charge in [0.25, 0.3) is 0 Å². The molecule has 0 fully saturated rings. The van der Waals surface area contributed by atoms with Gasteiger partial charge >= 0.3 is 10.1 Å². The predicted octanol–water partition coefficient (Wildman–Crippen LogP) is 4.28. The van der Waals surface area contributed by atoms with Crippen LogP contribution in [0.4, 0.5) is 0 Å². The highest BCUT2D eigenvalue weighted by Crippen LogP contribution is 2.36. The molecule has 1 aromatic rings. The minimum atomic E-state index is -4.08. The molecule has 0 saturated carbocycles. The van der Waals surface area contributed by atoms with Crippen molar-refractivity contribution in [1.29, 1.82) is 0 Å². The zero-order valence-corrected chi connectivity index (χ0v) is 16.8. The normalized spacial score (nSPS) is 17.8. The summed E-state index contributed by atoms with van der Waals surface area (Å²) < 4.78 is 29.3. The van der Waals surface area contributed by atoms with E-state index in [0.29, 0.717) is 5.57 Å². The Balaban J connectivity index is 2.45. The van der Waals surface area contributed by atoms with Crippen LogP contribution in [0.25, 0.3) is 0 Å². The molecule has 0 atom stereocenters. The molecule has 0 spiro atoms. The number of hydrogen-bond acceptors (Lipinski definition) is 5. The van der Waals surface area contributed by atoms with Gasteiger partial charge in [0.15, 0.2) is 5.71 Å². The van der Waals surface area contributed by atoms with Gasteiger partial charge in [-0.2, -0.15) is 8.42 Å². The molecule has 0 saturated heterocycles. The number of hydrogen-bond donors (Lipinski definition) is 0. The maximum atomic E-state index is 12.8. The molecule has 0 aromatic heterocycles. The Labute approximate surface area is 155 Å². The van der Waals surface area contributed by atoms with E-state index in [0.717, 1.165) is 5.57 Å². The molecule has 0 radical (unpaired) electrons. The van der Waals surface area contributed by atoms with Crippen molar-refractivity contribution in [3.63, 3.8) is 0 Å². The van der Waals surface area contributed by atoms with Crippen LogP contribution < -0.4 is 0 Å². The largest absolute Gasteiger partial charge is 0.358 e. The summed E-state index contributed by atoms with van der Waals surface area (Å²) in [6, 6.07) is 7.71. The summed E-state index contributed by atoms with van der Waals surface area (Å²) >= 11 is 0. The van der Waals surface area contributed by atoms with Gasteiger partial charge in [-0.25, -0.2) is 0 Å². The summed E-state index contributed by atoms with van der Waals surface area (Å²) in [4.78, 5) is 12.8. The van der Waals surface area contributed by atoms with Gasteiger partial charge in [-0.3, -0.25) is 9.08 Å². The highest BCUT2D eigenvalue weighted by molar-refractivity contribution is 7.86. The number of rotatable bonds is 3. The van der Waals surface area contributed by atoms with E-state index in [-0.39, 0.29) is 21.8 Å². The number of allylic oxidation sites excluding steroid dienone is 4. The fourth-order valence-corrected chi connectivity index (χ4v) is 3.15. The number of nitrogens with zero attached hydrogens (tertiary/aromatic N) is 1. The number of Topliss-reactive ketones (excluding diaryl/α,β-unsaturated/α-hetero) is 1. The molecule has 140 valence electrons. The second-order valence-electron chi connectivity index (χ2n) is 8.31. The highest BCUT2D eigenvalue weighted by Gasteiger charge is 2.33. The van der Waals surface area contributed by atoms with Crippen molar-refractivity contribution in [2.24, 2.45) is 16.0 Å². The maximum Gasteiger partial charge on any atom is 0.358 e. The lowest BCUT2D eigenvalue weighted by Gasteiger charge is -2.29. The Hall–Kier alpha value is -2.21. The van der Waals surface area contributed by atoms with Crippen molar-refractivity contribution < 1.29 is 17.5 Å². The smallest absolute Gasteiger partial charge is 0.287 e. The van der Waals surface area contributed by atoms with Crippen LogP contribution in [0.3, 0.4) is 0 Å². The van der Waals surface area contributed by atoms with Gasteiger partial charge in [-0.15, -0.1) is 0 Å². The van der Waals surface area contributed by atoms with E-state index in [1.807, 2.05) is 47.6 Å². The van der Waals surface area contributed by atoms with Crippen molar-refractivity contribution in [1.82, 2.24) is 0 Å². The van der Waals surface area contributed by atoms with Crippen molar-refractivity contribution in [3.8, 4) is 0 Å². The Bertz CT molecular complexity index is 893. The first-order valence-electron chi connectivity index (χ1n) is 8.38. The molecule has 26 heavy (non-hydrogen) atoms. The van der Waals surface area contributed by atoms with Gasteiger partial charge in [0, 0.05) is 5.57 Å². The third-order valence-electron chi connectivity index (χ3n) is 4.01. The molecule has 0 unspecified atom stereocenters. The predicted molar refractivity (Wildman–Crippen MR) is 102 cm³/mol. The van der Waals surface area contributed by atoms with Crippen LogP contribution in [-0.2, 0) is 19.2 Å². The molecule has 5 nitrogen and oxygen atoms in total. The van der Waals surface area contributed by atoms with Gasteiger partial charge in [0.1, 0.15) is 4.90 Å². The standard InChI is InChI=1S/C20H25NO4S/c1-19(2,3)14-12-16(20(4,5)6)18(22)17(13-14)21-25-26(23,24)15-10-8-7-9-11-15/h7-13H,1-6H3. The summed E-state index contributed by atoms with van der Waals surface area (Å²) in [5.41, 5.74) is 0.824.